The Morgan fingerprint density at radius 1 is 0.424 bits per heavy atom. The van der Waals surface area contributed by atoms with Crippen molar-refractivity contribution in [1.82, 2.24) is 4.57 Å². The number of benzene rings is 7. The maximum Gasteiger partial charge on any atom is 0.273 e. The minimum atomic E-state index is -0.286. The Bertz CT molecular complexity index is 3240. The molecule has 0 N–H and O–H groups in total. The van der Waals surface area contributed by atoms with E-state index in [1.807, 2.05) is 0 Å². The van der Waals surface area contributed by atoms with Gasteiger partial charge >= 0.3 is 0 Å². The molecule has 66 heavy (non-hydrogen) atoms. The summed E-state index contributed by atoms with van der Waals surface area (Å²) in [5.74, 6) is 0. The van der Waals surface area contributed by atoms with E-state index in [-0.39, 0.29) is 33.8 Å². The van der Waals surface area contributed by atoms with E-state index in [0.29, 0.717) is 0 Å². The van der Waals surface area contributed by atoms with E-state index in [0.717, 1.165) is 0 Å². The molecule has 8 aromatic rings. The van der Waals surface area contributed by atoms with Gasteiger partial charge in [-0.25, -0.2) is 0 Å². The van der Waals surface area contributed by atoms with Gasteiger partial charge in [0, 0.05) is 55.9 Å². The molecule has 0 amide bonds. The van der Waals surface area contributed by atoms with Crippen LogP contribution in [0.2, 0.25) is 0 Å². The summed E-state index contributed by atoms with van der Waals surface area (Å²) >= 11 is 0. The predicted molar refractivity (Wildman–Crippen MR) is 284 cm³/mol. The fraction of sp³-hybridized carbons (Fsp3) is 0.290. The Morgan fingerprint density at radius 3 is 1.52 bits per heavy atom. The van der Waals surface area contributed by atoms with Crippen LogP contribution in [0, 0.1) is 0 Å². The second-order valence-electron chi connectivity index (χ2n) is 23.5. The molecular weight excluding hydrogens is 798 g/mol. The standard InChI is InChI=1S/C62H64BN3/c1-58(2,3)39-26-31-43(32-27-39)64-50-37-30-41(60(7,8)9)38-49(50)63-54-51(64)24-19-25-52(54)65(44-33-28-40(29-34-44)59(4,5)6)56-45-35-36-48-53(55(45)66(57(56)63)42-20-15-14-16-21-42)62(12,13)47-23-18-17-22-46(47)61(48,10)11/h14-38H,1-13H3. The van der Waals surface area contributed by atoms with Crippen LogP contribution in [0.1, 0.15) is 129 Å². The lowest BCUT2D eigenvalue weighted by molar-refractivity contribution is 0.523. The first-order valence-electron chi connectivity index (χ1n) is 24.2. The maximum absolute atomic E-state index is 2.71. The van der Waals surface area contributed by atoms with Gasteiger partial charge < -0.3 is 14.4 Å². The van der Waals surface area contributed by atoms with Crippen LogP contribution >= 0.6 is 0 Å². The Labute approximate surface area is 394 Å². The first-order valence-corrected chi connectivity index (χ1v) is 24.2. The highest BCUT2D eigenvalue weighted by Gasteiger charge is 2.50. The molecule has 7 aromatic carbocycles. The molecule has 3 nitrogen and oxygen atoms in total. The quantitative estimate of drug-likeness (QED) is 0.164. The summed E-state index contributed by atoms with van der Waals surface area (Å²) in [5, 5.41) is 1.28. The number of rotatable bonds is 3. The Morgan fingerprint density at radius 2 is 0.939 bits per heavy atom. The van der Waals surface area contributed by atoms with Gasteiger partial charge in [-0.1, -0.05) is 187 Å². The Kier molecular flexibility index (Phi) is 9.07. The minimum absolute atomic E-state index is 0.0250. The molecule has 1 aromatic heterocycles. The second kappa shape index (κ2) is 14.1. The average Bonchev–Trinajstić information content (AvgIpc) is 3.62. The molecule has 3 aliphatic rings. The number of anilines is 6. The lowest BCUT2D eigenvalue weighted by atomic mass is 9.34. The van der Waals surface area contributed by atoms with E-state index in [2.05, 4.69) is 256 Å². The van der Waals surface area contributed by atoms with Gasteiger partial charge in [0.25, 0.3) is 6.71 Å². The Hall–Kier alpha value is -6.26. The lowest BCUT2D eigenvalue weighted by Gasteiger charge is -2.44. The summed E-state index contributed by atoms with van der Waals surface area (Å²) in [6, 6.07) is 58.6. The highest BCUT2D eigenvalue weighted by molar-refractivity contribution is 7.00. The van der Waals surface area contributed by atoms with Crippen LogP contribution in [0.25, 0.3) is 16.6 Å². The molecule has 4 heteroatoms. The van der Waals surface area contributed by atoms with Gasteiger partial charge in [-0.05, 0) is 121 Å². The van der Waals surface area contributed by atoms with Crippen molar-refractivity contribution >= 4 is 68.3 Å². The topological polar surface area (TPSA) is 11.4 Å². The van der Waals surface area contributed by atoms with Crippen molar-refractivity contribution in [2.75, 3.05) is 9.80 Å². The van der Waals surface area contributed by atoms with Gasteiger partial charge in [0.2, 0.25) is 0 Å². The molecule has 0 bridgehead atoms. The first-order chi connectivity index (χ1) is 31.2. The maximum atomic E-state index is 2.71. The third-order valence-corrected chi connectivity index (χ3v) is 15.5. The van der Waals surface area contributed by atoms with Gasteiger partial charge in [0.05, 0.1) is 11.2 Å². The van der Waals surface area contributed by atoms with Crippen molar-refractivity contribution in [3.8, 4) is 5.69 Å². The molecule has 0 saturated carbocycles. The molecule has 11 rings (SSSR count). The molecule has 3 heterocycles. The second-order valence-corrected chi connectivity index (χ2v) is 23.5. The monoisotopic (exact) mass is 862 g/mol. The summed E-state index contributed by atoms with van der Waals surface area (Å²) in [6.07, 6.45) is 0. The van der Waals surface area contributed by atoms with Gasteiger partial charge in [0.1, 0.15) is 0 Å². The molecule has 0 radical (unpaired) electrons. The molecule has 0 unspecified atom stereocenters. The largest absolute Gasteiger partial charge is 0.319 e. The van der Waals surface area contributed by atoms with Gasteiger partial charge in [-0.2, -0.15) is 0 Å². The van der Waals surface area contributed by atoms with E-state index >= 15 is 0 Å². The summed E-state index contributed by atoms with van der Waals surface area (Å²) in [6.45, 7) is 30.6. The SMILES string of the molecule is CC(C)(C)c1ccc(N2c3ccc(C(C)(C)C)cc3B3c4c2cccc4N(c2ccc(C(C)(C)C)cc2)c2c3n(-c3ccccc3)c3c4c(ccc23)C(C)(C)c2ccccc2C4(C)C)cc1. The third-order valence-electron chi connectivity index (χ3n) is 15.5. The van der Waals surface area contributed by atoms with E-state index in [1.54, 1.807) is 0 Å². The normalized spacial score (nSPS) is 15.8. The number of hydrogen-bond acceptors (Lipinski definition) is 2. The molecule has 1 aliphatic carbocycles. The summed E-state index contributed by atoms with van der Waals surface area (Å²) < 4.78 is 2.71. The molecular formula is C62H64BN3. The smallest absolute Gasteiger partial charge is 0.273 e. The number of nitrogens with zero attached hydrogens (tertiary/aromatic N) is 3. The minimum Gasteiger partial charge on any atom is -0.319 e. The number of fused-ring (bicyclic) bond motifs is 9. The van der Waals surface area contributed by atoms with E-state index in [9.17, 15) is 0 Å². The lowest BCUT2D eigenvalue weighted by Crippen LogP contribution is -2.63. The number of hydrogen-bond donors (Lipinski definition) is 0. The van der Waals surface area contributed by atoms with Crippen LogP contribution in [-0.2, 0) is 27.1 Å². The zero-order valence-electron chi connectivity index (χ0n) is 41.4. The Balaban J connectivity index is 1.32. The predicted octanol–water partition coefficient (Wildman–Crippen LogP) is 14.6. The van der Waals surface area contributed by atoms with Crippen LogP contribution in [0.3, 0.4) is 0 Å². The molecule has 2 aliphatic heterocycles. The average molecular weight is 862 g/mol. The zero-order chi connectivity index (χ0) is 46.5. The summed E-state index contributed by atoms with van der Waals surface area (Å²) in [5.41, 5.74) is 22.9. The highest BCUT2D eigenvalue weighted by atomic mass is 15.2. The third kappa shape index (κ3) is 6.09. The van der Waals surface area contributed by atoms with Crippen molar-refractivity contribution in [1.29, 1.82) is 0 Å². The summed E-state index contributed by atoms with van der Waals surface area (Å²) in [7, 11) is 0. The first kappa shape index (κ1) is 42.4. The van der Waals surface area contributed by atoms with Crippen LogP contribution in [0.5, 0.6) is 0 Å². The number of aromatic nitrogens is 1. The molecule has 0 atom stereocenters. The zero-order valence-corrected chi connectivity index (χ0v) is 41.4. The van der Waals surface area contributed by atoms with Crippen molar-refractivity contribution in [2.24, 2.45) is 0 Å². The van der Waals surface area contributed by atoms with Crippen LogP contribution in [-0.4, -0.2) is 11.3 Å². The fourth-order valence-corrected chi connectivity index (χ4v) is 11.9. The van der Waals surface area contributed by atoms with Crippen LogP contribution < -0.4 is 26.3 Å². The fourth-order valence-electron chi connectivity index (χ4n) is 11.9. The van der Waals surface area contributed by atoms with Crippen molar-refractivity contribution < 1.29 is 0 Å². The van der Waals surface area contributed by atoms with Gasteiger partial charge in [-0.15, -0.1) is 0 Å². The van der Waals surface area contributed by atoms with Gasteiger partial charge in [-0.3, -0.25) is 0 Å². The van der Waals surface area contributed by atoms with E-state index in [4.69, 9.17) is 0 Å². The van der Waals surface area contributed by atoms with Gasteiger partial charge in [0.15, 0.2) is 0 Å². The number of para-hydroxylation sites is 1. The van der Waals surface area contributed by atoms with Crippen molar-refractivity contribution in [3.05, 3.63) is 191 Å². The van der Waals surface area contributed by atoms with E-state index in [1.165, 1.54) is 106 Å². The van der Waals surface area contributed by atoms with Crippen molar-refractivity contribution in [2.45, 2.75) is 117 Å². The van der Waals surface area contributed by atoms with Crippen LogP contribution in [0.4, 0.5) is 34.1 Å². The molecule has 0 saturated heterocycles. The summed E-state index contributed by atoms with van der Waals surface area (Å²) in [4.78, 5) is 5.18. The highest BCUT2D eigenvalue weighted by Crippen LogP contribution is 2.55. The van der Waals surface area contributed by atoms with E-state index < -0.39 is 0 Å². The molecule has 0 spiro atoms. The molecule has 0 fully saturated rings. The van der Waals surface area contributed by atoms with Crippen molar-refractivity contribution in [3.63, 3.8) is 0 Å². The van der Waals surface area contributed by atoms with Crippen LogP contribution in [0.15, 0.2) is 152 Å². The molecule has 330 valence electrons.